The highest BCUT2D eigenvalue weighted by molar-refractivity contribution is 6.30. The SMILES string of the molecule is O=C(CCc1ncc(-c2ccc(Cl)cc2)o1)NCC(O)COc1ccc2c(c1)OCO2. The third-order valence-electron chi connectivity index (χ3n) is 4.57. The molecule has 3 aromatic rings. The predicted octanol–water partition coefficient (Wildman–Crippen LogP) is 3.21. The summed E-state index contributed by atoms with van der Waals surface area (Å²) in [6.45, 7) is 0.290. The summed E-state index contributed by atoms with van der Waals surface area (Å²) < 4.78 is 21.7. The molecule has 0 aliphatic carbocycles. The van der Waals surface area contributed by atoms with E-state index in [1.54, 1.807) is 36.5 Å². The van der Waals surface area contributed by atoms with Crippen molar-refractivity contribution in [2.45, 2.75) is 18.9 Å². The van der Waals surface area contributed by atoms with Crippen molar-refractivity contribution >= 4 is 17.5 Å². The van der Waals surface area contributed by atoms with Gasteiger partial charge in [0.25, 0.3) is 0 Å². The molecular formula is C22H21ClN2O6. The summed E-state index contributed by atoms with van der Waals surface area (Å²) >= 11 is 5.89. The number of hydrogen-bond donors (Lipinski definition) is 2. The molecule has 4 rings (SSSR count). The van der Waals surface area contributed by atoms with Crippen molar-refractivity contribution in [2.24, 2.45) is 0 Å². The highest BCUT2D eigenvalue weighted by Gasteiger charge is 2.15. The topological polar surface area (TPSA) is 103 Å². The lowest BCUT2D eigenvalue weighted by Crippen LogP contribution is -2.35. The van der Waals surface area contributed by atoms with Crippen LogP contribution in [0, 0.1) is 0 Å². The Morgan fingerprint density at radius 2 is 2.00 bits per heavy atom. The van der Waals surface area contributed by atoms with Crippen LogP contribution in [0.5, 0.6) is 17.2 Å². The van der Waals surface area contributed by atoms with Crippen LogP contribution in [0.2, 0.25) is 5.02 Å². The van der Waals surface area contributed by atoms with Crippen LogP contribution in [0.15, 0.2) is 53.1 Å². The maximum absolute atomic E-state index is 12.1. The third kappa shape index (κ3) is 5.68. The van der Waals surface area contributed by atoms with Crippen molar-refractivity contribution in [3.63, 3.8) is 0 Å². The minimum absolute atomic E-state index is 0.0319. The number of rotatable bonds is 9. The van der Waals surface area contributed by atoms with Crippen LogP contribution in [0.3, 0.4) is 0 Å². The predicted molar refractivity (Wildman–Crippen MR) is 112 cm³/mol. The monoisotopic (exact) mass is 444 g/mol. The van der Waals surface area contributed by atoms with E-state index < -0.39 is 6.10 Å². The molecule has 162 valence electrons. The van der Waals surface area contributed by atoms with Gasteiger partial charge in [-0.05, 0) is 36.4 Å². The van der Waals surface area contributed by atoms with Crippen LogP contribution < -0.4 is 19.5 Å². The summed E-state index contributed by atoms with van der Waals surface area (Å²) in [6.07, 6.45) is 1.31. The van der Waals surface area contributed by atoms with E-state index in [1.165, 1.54) is 0 Å². The number of halogens is 1. The molecule has 2 N–H and O–H groups in total. The number of fused-ring (bicyclic) bond motifs is 1. The van der Waals surface area contributed by atoms with Crippen LogP contribution >= 0.6 is 11.6 Å². The zero-order valence-corrected chi connectivity index (χ0v) is 17.3. The van der Waals surface area contributed by atoms with Crippen LogP contribution in [-0.4, -0.2) is 42.0 Å². The molecule has 0 saturated carbocycles. The number of benzene rings is 2. The van der Waals surface area contributed by atoms with E-state index >= 15 is 0 Å². The van der Waals surface area contributed by atoms with Crippen molar-refractivity contribution in [2.75, 3.05) is 19.9 Å². The highest BCUT2D eigenvalue weighted by atomic mass is 35.5. The zero-order chi connectivity index (χ0) is 21.6. The fraction of sp³-hybridized carbons (Fsp3) is 0.273. The Bertz CT molecular complexity index is 1040. The van der Waals surface area contributed by atoms with Crippen molar-refractivity contribution < 1.29 is 28.5 Å². The molecular weight excluding hydrogens is 424 g/mol. The van der Waals surface area contributed by atoms with Gasteiger partial charge in [-0.25, -0.2) is 4.98 Å². The zero-order valence-electron chi connectivity index (χ0n) is 16.5. The fourth-order valence-electron chi connectivity index (χ4n) is 2.93. The molecule has 0 saturated heterocycles. The molecule has 1 aliphatic rings. The van der Waals surface area contributed by atoms with E-state index in [2.05, 4.69) is 10.3 Å². The average Bonchev–Trinajstić information content (AvgIpc) is 3.44. The smallest absolute Gasteiger partial charge is 0.231 e. The van der Waals surface area contributed by atoms with Gasteiger partial charge < -0.3 is 29.1 Å². The lowest BCUT2D eigenvalue weighted by atomic mass is 10.2. The Morgan fingerprint density at radius 1 is 1.19 bits per heavy atom. The van der Waals surface area contributed by atoms with E-state index in [-0.39, 0.29) is 32.3 Å². The first-order valence-corrected chi connectivity index (χ1v) is 10.1. The van der Waals surface area contributed by atoms with Gasteiger partial charge in [-0.15, -0.1) is 0 Å². The van der Waals surface area contributed by atoms with Gasteiger partial charge in [0.05, 0.1) is 6.20 Å². The maximum atomic E-state index is 12.1. The number of hydrogen-bond acceptors (Lipinski definition) is 7. The van der Waals surface area contributed by atoms with Gasteiger partial charge in [0.2, 0.25) is 12.7 Å². The van der Waals surface area contributed by atoms with Crippen LogP contribution in [0.25, 0.3) is 11.3 Å². The average molecular weight is 445 g/mol. The number of aryl methyl sites for hydroxylation is 1. The number of nitrogens with zero attached hydrogens (tertiary/aromatic N) is 1. The number of aromatic nitrogens is 1. The number of carbonyl (C=O) groups excluding carboxylic acids is 1. The Kier molecular flexibility index (Phi) is 6.59. The van der Waals surface area contributed by atoms with Gasteiger partial charge in [0.15, 0.2) is 23.1 Å². The Labute approximate surface area is 183 Å². The summed E-state index contributed by atoms with van der Waals surface area (Å²) in [6, 6.07) is 12.4. The molecule has 0 radical (unpaired) electrons. The van der Waals surface area contributed by atoms with Gasteiger partial charge >= 0.3 is 0 Å². The fourth-order valence-corrected chi connectivity index (χ4v) is 3.06. The number of nitrogens with one attached hydrogen (secondary N) is 1. The molecule has 2 heterocycles. The molecule has 2 aromatic carbocycles. The molecule has 8 nitrogen and oxygen atoms in total. The molecule has 0 spiro atoms. The lowest BCUT2D eigenvalue weighted by Gasteiger charge is -2.13. The summed E-state index contributed by atoms with van der Waals surface area (Å²) in [5, 5.41) is 13.4. The molecule has 31 heavy (non-hydrogen) atoms. The van der Waals surface area contributed by atoms with E-state index in [4.69, 9.17) is 30.2 Å². The molecule has 9 heteroatoms. The Hall–Kier alpha value is -3.23. The largest absolute Gasteiger partial charge is 0.491 e. The minimum atomic E-state index is -0.854. The van der Waals surface area contributed by atoms with E-state index in [1.807, 2.05) is 12.1 Å². The van der Waals surface area contributed by atoms with Crippen LogP contribution in [-0.2, 0) is 11.2 Å². The summed E-state index contributed by atoms with van der Waals surface area (Å²) in [5.74, 6) is 2.68. The van der Waals surface area contributed by atoms with E-state index in [9.17, 15) is 9.90 Å². The second kappa shape index (κ2) is 9.72. The first-order valence-electron chi connectivity index (χ1n) is 9.74. The van der Waals surface area contributed by atoms with Gasteiger partial charge in [0, 0.05) is 36.0 Å². The van der Waals surface area contributed by atoms with Crippen molar-refractivity contribution in [3.8, 4) is 28.6 Å². The van der Waals surface area contributed by atoms with Crippen LogP contribution in [0.4, 0.5) is 0 Å². The Balaban J connectivity index is 1.17. The molecule has 1 unspecified atom stereocenters. The van der Waals surface area contributed by atoms with E-state index in [0.717, 1.165) is 5.56 Å². The summed E-state index contributed by atoms with van der Waals surface area (Å²) in [7, 11) is 0. The minimum Gasteiger partial charge on any atom is -0.491 e. The van der Waals surface area contributed by atoms with Crippen LogP contribution in [0.1, 0.15) is 12.3 Å². The maximum Gasteiger partial charge on any atom is 0.231 e. The van der Waals surface area contributed by atoms with Crippen molar-refractivity contribution in [1.82, 2.24) is 10.3 Å². The number of ether oxygens (including phenoxy) is 3. The van der Waals surface area contributed by atoms with Gasteiger partial charge in [-0.3, -0.25) is 4.79 Å². The Morgan fingerprint density at radius 3 is 2.84 bits per heavy atom. The molecule has 1 aliphatic heterocycles. The summed E-state index contributed by atoms with van der Waals surface area (Å²) in [4.78, 5) is 16.3. The van der Waals surface area contributed by atoms with E-state index in [0.29, 0.717) is 40.3 Å². The third-order valence-corrected chi connectivity index (χ3v) is 4.82. The molecule has 0 fully saturated rings. The van der Waals surface area contributed by atoms with Gasteiger partial charge in [0.1, 0.15) is 18.5 Å². The second-order valence-corrected chi connectivity index (χ2v) is 7.35. The van der Waals surface area contributed by atoms with Crippen molar-refractivity contribution in [1.29, 1.82) is 0 Å². The number of carbonyl (C=O) groups is 1. The lowest BCUT2D eigenvalue weighted by molar-refractivity contribution is -0.121. The summed E-state index contributed by atoms with van der Waals surface area (Å²) in [5.41, 5.74) is 0.859. The molecule has 1 amide bonds. The number of aliphatic hydroxyl groups excluding tert-OH is 1. The first-order chi connectivity index (χ1) is 15.1. The highest BCUT2D eigenvalue weighted by Crippen LogP contribution is 2.35. The first kappa shape index (κ1) is 21.0. The normalized spacial score (nSPS) is 13.1. The van der Waals surface area contributed by atoms with Crippen molar-refractivity contribution in [3.05, 3.63) is 59.6 Å². The number of aliphatic hydroxyl groups is 1. The quantitative estimate of drug-likeness (QED) is 0.522. The second-order valence-electron chi connectivity index (χ2n) is 6.91. The van der Waals surface area contributed by atoms with Gasteiger partial charge in [-0.1, -0.05) is 11.6 Å². The standard InChI is InChI=1S/C22H21ClN2O6/c23-15-3-1-14(2-4-15)20-11-25-22(31-20)8-7-21(27)24-10-16(26)12-28-17-5-6-18-19(9-17)30-13-29-18/h1-6,9,11,16,26H,7-8,10,12-13H2,(H,24,27). The number of amides is 1. The van der Waals surface area contributed by atoms with Gasteiger partial charge in [-0.2, -0.15) is 0 Å². The number of oxazole rings is 1. The molecule has 1 aromatic heterocycles. The molecule has 0 bridgehead atoms. The molecule has 1 atom stereocenters.